The number of aryl methyl sites for hydroxylation is 1. The van der Waals surface area contributed by atoms with Gasteiger partial charge in [0.25, 0.3) is 0 Å². The average Bonchev–Trinajstić information content (AvgIpc) is 2.92. The van der Waals surface area contributed by atoms with E-state index in [4.69, 9.17) is 0 Å². The Morgan fingerprint density at radius 1 is 1.19 bits per heavy atom. The molecule has 0 unspecified atom stereocenters. The number of aromatic nitrogens is 3. The van der Waals surface area contributed by atoms with E-state index in [0.717, 1.165) is 36.3 Å². The highest BCUT2D eigenvalue weighted by atomic mass is 16.3. The van der Waals surface area contributed by atoms with E-state index in [1.165, 1.54) is 0 Å². The number of rotatable bonds is 8. The van der Waals surface area contributed by atoms with E-state index in [-0.39, 0.29) is 12.6 Å². The molecule has 1 atom stereocenters. The van der Waals surface area contributed by atoms with Crippen LogP contribution in [0, 0.1) is 0 Å². The number of benzene rings is 1. The minimum Gasteiger partial charge on any atom is -0.395 e. The van der Waals surface area contributed by atoms with E-state index in [2.05, 4.69) is 29.4 Å². The third-order valence-electron chi connectivity index (χ3n) is 3.47. The fourth-order valence-electron chi connectivity index (χ4n) is 2.20. The van der Waals surface area contributed by atoms with E-state index >= 15 is 0 Å². The van der Waals surface area contributed by atoms with Crippen LogP contribution in [-0.2, 0) is 13.1 Å². The third-order valence-corrected chi connectivity index (χ3v) is 3.47. The lowest BCUT2D eigenvalue weighted by molar-refractivity contribution is 0.238. The normalized spacial score (nSPS) is 12.5. The van der Waals surface area contributed by atoms with Gasteiger partial charge in [-0.3, -0.25) is 0 Å². The molecule has 0 aliphatic heterocycles. The Balaban J connectivity index is 2.21. The second-order valence-corrected chi connectivity index (χ2v) is 5.13. The molecule has 0 aliphatic carbocycles. The molecule has 21 heavy (non-hydrogen) atoms. The van der Waals surface area contributed by atoms with Gasteiger partial charge >= 0.3 is 0 Å². The predicted molar refractivity (Wildman–Crippen MR) is 83.8 cm³/mol. The van der Waals surface area contributed by atoms with Gasteiger partial charge in [-0.2, -0.15) is 15.0 Å². The average molecular weight is 288 g/mol. The summed E-state index contributed by atoms with van der Waals surface area (Å²) in [6.45, 7) is 5.74. The molecular weight excluding hydrogens is 264 g/mol. The Labute approximate surface area is 126 Å². The molecule has 2 rings (SSSR count). The zero-order chi connectivity index (χ0) is 15.1. The number of nitrogens with one attached hydrogen (secondary N) is 1. The van der Waals surface area contributed by atoms with Crippen LogP contribution in [0.2, 0.25) is 0 Å². The topological polar surface area (TPSA) is 63.0 Å². The quantitative estimate of drug-likeness (QED) is 0.782. The molecule has 0 saturated carbocycles. The first kappa shape index (κ1) is 15.7. The minimum absolute atomic E-state index is 0.102. The van der Waals surface area contributed by atoms with Gasteiger partial charge in [0.05, 0.1) is 13.2 Å². The Hall–Kier alpha value is -1.72. The van der Waals surface area contributed by atoms with Crippen molar-refractivity contribution in [2.45, 2.75) is 45.8 Å². The monoisotopic (exact) mass is 288 g/mol. The van der Waals surface area contributed by atoms with Crippen LogP contribution >= 0.6 is 0 Å². The first-order chi connectivity index (χ1) is 10.3. The van der Waals surface area contributed by atoms with Crippen molar-refractivity contribution in [1.82, 2.24) is 20.3 Å². The van der Waals surface area contributed by atoms with Gasteiger partial charge in [0.15, 0.2) is 0 Å². The van der Waals surface area contributed by atoms with Gasteiger partial charge in [-0.25, -0.2) is 0 Å². The molecule has 2 N–H and O–H groups in total. The largest absolute Gasteiger partial charge is 0.395 e. The highest BCUT2D eigenvalue weighted by molar-refractivity contribution is 5.60. The van der Waals surface area contributed by atoms with E-state index in [1.54, 1.807) is 4.80 Å². The number of aliphatic hydroxyl groups is 1. The second-order valence-electron chi connectivity index (χ2n) is 5.13. The van der Waals surface area contributed by atoms with Crippen molar-refractivity contribution >= 4 is 0 Å². The molecule has 0 saturated heterocycles. The smallest absolute Gasteiger partial charge is 0.117 e. The lowest BCUT2D eigenvalue weighted by Gasteiger charge is -2.12. The molecule has 5 nitrogen and oxygen atoms in total. The van der Waals surface area contributed by atoms with Crippen molar-refractivity contribution in [2.75, 3.05) is 6.61 Å². The van der Waals surface area contributed by atoms with Gasteiger partial charge < -0.3 is 10.4 Å². The summed E-state index contributed by atoms with van der Waals surface area (Å²) in [6.07, 6.45) is 1.89. The molecule has 0 aliphatic rings. The molecule has 0 spiro atoms. The summed E-state index contributed by atoms with van der Waals surface area (Å²) < 4.78 is 0. The standard InChI is InChI=1S/C16H24N4O/c1-3-10-20-18-15(11-17-14(4-2)12-21)16(19-20)13-8-6-5-7-9-13/h5-9,14,17,21H,3-4,10-12H2,1-2H3/t14-/m0/s1. The fraction of sp³-hybridized carbons (Fsp3) is 0.500. The highest BCUT2D eigenvalue weighted by Gasteiger charge is 2.14. The predicted octanol–water partition coefficient (Wildman–Crippen LogP) is 2.22. The van der Waals surface area contributed by atoms with Crippen molar-refractivity contribution in [1.29, 1.82) is 0 Å². The van der Waals surface area contributed by atoms with Crippen LogP contribution in [0.3, 0.4) is 0 Å². The van der Waals surface area contributed by atoms with Gasteiger partial charge in [0.1, 0.15) is 11.4 Å². The molecule has 114 valence electrons. The zero-order valence-electron chi connectivity index (χ0n) is 12.8. The van der Waals surface area contributed by atoms with Crippen LogP contribution in [-0.4, -0.2) is 32.7 Å². The van der Waals surface area contributed by atoms with Crippen LogP contribution in [0.25, 0.3) is 11.3 Å². The summed E-state index contributed by atoms with van der Waals surface area (Å²) in [4.78, 5) is 1.76. The maximum absolute atomic E-state index is 9.28. The molecule has 0 bridgehead atoms. The van der Waals surface area contributed by atoms with Crippen LogP contribution < -0.4 is 5.32 Å². The van der Waals surface area contributed by atoms with Crippen LogP contribution in [0.4, 0.5) is 0 Å². The molecular formula is C16H24N4O. The second kappa shape index (κ2) is 7.90. The maximum Gasteiger partial charge on any atom is 0.117 e. The first-order valence-corrected chi connectivity index (χ1v) is 7.62. The molecule has 0 fully saturated rings. The van der Waals surface area contributed by atoms with E-state index in [9.17, 15) is 5.11 Å². The summed E-state index contributed by atoms with van der Waals surface area (Å²) in [6, 6.07) is 10.2. The Bertz CT molecular complexity index is 534. The minimum atomic E-state index is 0.102. The molecule has 2 aromatic rings. The molecule has 1 heterocycles. The van der Waals surface area contributed by atoms with Crippen molar-refractivity contribution < 1.29 is 5.11 Å². The fourth-order valence-corrected chi connectivity index (χ4v) is 2.20. The number of hydrogen-bond donors (Lipinski definition) is 2. The van der Waals surface area contributed by atoms with Gasteiger partial charge in [0, 0.05) is 18.2 Å². The SMILES string of the molecule is CCCn1nc(CN[C@@H](CC)CO)c(-c2ccccc2)n1. The third kappa shape index (κ3) is 4.12. The number of aliphatic hydroxyl groups excluding tert-OH is 1. The van der Waals surface area contributed by atoms with Crippen LogP contribution in [0.1, 0.15) is 32.4 Å². The number of nitrogens with zero attached hydrogens (tertiary/aromatic N) is 3. The molecule has 5 heteroatoms. The highest BCUT2D eigenvalue weighted by Crippen LogP contribution is 2.20. The molecule has 1 aromatic heterocycles. The van der Waals surface area contributed by atoms with Crippen LogP contribution in [0.15, 0.2) is 30.3 Å². The summed E-state index contributed by atoms with van der Waals surface area (Å²) in [7, 11) is 0. The summed E-state index contributed by atoms with van der Waals surface area (Å²) in [5.74, 6) is 0. The van der Waals surface area contributed by atoms with E-state index in [0.29, 0.717) is 6.54 Å². The Morgan fingerprint density at radius 2 is 1.95 bits per heavy atom. The van der Waals surface area contributed by atoms with Crippen LogP contribution in [0.5, 0.6) is 0 Å². The molecule has 0 amide bonds. The van der Waals surface area contributed by atoms with E-state index < -0.39 is 0 Å². The molecule has 0 radical (unpaired) electrons. The van der Waals surface area contributed by atoms with Gasteiger partial charge in [-0.05, 0) is 12.8 Å². The van der Waals surface area contributed by atoms with E-state index in [1.807, 2.05) is 30.3 Å². The van der Waals surface area contributed by atoms with Crippen molar-refractivity contribution in [3.63, 3.8) is 0 Å². The van der Waals surface area contributed by atoms with Gasteiger partial charge in [-0.15, -0.1) is 0 Å². The summed E-state index contributed by atoms with van der Waals surface area (Å²) in [5.41, 5.74) is 2.93. The molecule has 1 aromatic carbocycles. The Kier molecular flexibility index (Phi) is 5.90. The van der Waals surface area contributed by atoms with Crippen molar-refractivity contribution in [3.8, 4) is 11.3 Å². The summed E-state index contributed by atoms with van der Waals surface area (Å²) in [5, 5.41) is 21.8. The maximum atomic E-state index is 9.28. The first-order valence-electron chi connectivity index (χ1n) is 7.62. The van der Waals surface area contributed by atoms with Crippen molar-refractivity contribution in [3.05, 3.63) is 36.0 Å². The summed E-state index contributed by atoms with van der Waals surface area (Å²) >= 11 is 0. The van der Waals surface area contributed by atoms with Gasteiger partial charge in [-0.1, -0.05) is 44.2 Å². The zero-order valence-corrected chi connectivity index (χ0v) is 12.8. The Morgan fingerprint density at radius 3 is 2.57 bits per heavy atom. The lowest BCUT2D eigenvalue weighted by atomic mass is 10.1. The number of hydrogen-bond acceptors (Lipinski definition) is 4. The van der Waals surface area contributed by atoms with Crippen molar-refractivity contribution in [2.24, 2.45) is 0 Å². The lowest BCUT2D eigenvalue weighted by Crippen LogP contribution is -2.31. The van der Waals surface area contributed by atoms with Gasteiger partial charge in [0.2, 0.25) is 0 Å².